The van der Waals surface area contributed by atoms with Gasteiger partial charge < -0.3 is 20.8 Å². The largest absolute Gasteiger partial charge is 0.479 e. The van der Waals surface area contributed by atoms with Gasteiger partial charge in [-0.15, -0.1) is 6.42 Å². The van der Waals surface area contributed by atoms with Crippen molar-refractivity contribution in [2.75, 3.05) is 6.54 Å². The number of hydrogen-bond acceptors (Lipinski definition) is 3. The van der Waals surface area contributed by atoms with Crippen molar-refractivity contribution < 1.29 is 19.8 Å². The first-order valence-corrected chi connectivity index (χ1v) is 5.42. The molecule has 0 bridgehead atoms. The van der Waals surface area contributed by atoms with Crippen molar-refractivity contribution in [1.29, 1.82) is 0 Å². The van der Waals surface area contributed by atoms with Gasteiger partial charge in [-0.25, -0.2) is 9.59 Å². The van der Waals surface area contributed by atoms with Gasteiger partial charge in [0.05, 0.1) is 6.04 Å². The Hall–Kier alpha value is -1.74. The Labute approximate surface area is 100 Å². The number of rotatable bonds is 7. The van der Waals surface area contributed by atoms with Gasteiger partial charge in [0.25, 0.3) is 0 Å². The number of urea groups is 1. The summed E-state index contributed by atoms with van der Waals surface area (Å²) in [5.41, 5.74) is 0. The second-order valence-electron chi connectivity index (χ2n) is 3.55. The van der Waals surface area contributed by atoms with Crippen molar-refractivity contribution in [1.82, 2.24) is 10.6 Å². The minimum atomic E-state index is -1.46. The summed E-state index contributed by atoms with van der Waals surface area (Å²) in [4.78, 5) is 21.6. The van der Waals surface area contributed by atoms with E-state index in [2.05, 4.69) is 16.6 Å². The van der Waals surface area contributed by atoms with Crippen molar-refractivity contribution in [3.63, 3.8) is 0 Å². The minimum Gasteiger partial charge on any atom is -0.479 e. The molecule has 0 aromatic rings. The lowest BCUT2D eigenvalue weighted by atomic mass is 10.2. The highest BCUT2D eigenvalue weighted by molar-refractivity contribution is 5.75. The summed E-state index contributed by atoms with van der Waals surface area (Å²) >= 11 is 0. The van der Waals surface area contributed by atoms with Crippen molar-refractivity contribution in [2.45, 2.75) is 38.3 Å². The Bertz CT molecular complexity index is 298. The Morgan fingerprint density at radius 3 is 2.53 bits per heavy atom. The number of carbonyl (C=O) groups excluding carboxylic acids is 1. The third-order valence-electron chi connectivity index (χ3n) is 2.07. The number of carboxylic acid groups (broad SMARTS) is 1. The highest BCUT2D eigenvalue weighted by Gasteiger charge is 2.13. The quantitative estimate of drug-likeness (QED) is 0.469. The minimum absolute atomic E-state index is 0.0444. The Morgan fingerprint density at radius 2 is 2.06 bits per heavy atom. The van der Waals surface area contributed by atoms with Crippen molar-refractivity contribution in [3.8, 4) is 12.3 Å². The van der Waals surface area contributed by atoms with Crippen LogP contribution >= 0.6 is 0 Å². The highest BCUT2D eigenvalue weighted by Crippen LogP contribution is 1.94. The lowest BCUT2D eigenvalue weighted by molar-refractivity contribution is -0.146. The molecule has 0 radical (unpaired) electrons. The fraction of sp³-hybridized carbons (Fsp3) is 0.636. The smallest absolute Gasteiger partial charge is 0.332 e. The highest BCUT2D eigenvalue weighted by atomic mass is 16.4. The molecule has 0 saturated heterocycles. The lowest BCUT2D eigenvalue weighted by Gasteiger charge is -2.13. The van der Waals surface area contributed by atoms with Gasteiger partial charge in [0.1, 0.15) is 0 Å². The zero-order valence-electron chi connectivity index (χ0n) is 9.77. The number of terminal acetylenes is 1. The molecule has 0 saturated carbocycles. The maximum atomic E-state index is 11.3. The van der Waals surface area contributed by atoms with Crippen LogP contribution in [0.3, 0.4) is 0 Å². The van der Waals surface area contributed by atoms with Crippen LogP contribution in [0.15, 0.2) is 0 Å². The molecule has 2 amide bonds. The monoisotopic (exact) mass is 242 g/mol. The van der Waals surface area contributed by atoms with Gasteiger partial charge in [0.15, 0.2) is 6.10 Å². The molecule has 0 heterocycles. The maximum Gasteiger partial charge on any atom is 0.332 e. The molecule has 2 unspecified atom stereocenters. The number of aliphatic hydroxyl groups is 1. The molecule has 2 atom stereocenters. The van der Waals surface area contributed by atoms with E-state index in [1.54, 1.807) is 0 Å². The van der Waals surface area contributed by atoms with E-state index in [1.807, 2.05) is 6.92 Å². The molecule has 0 spiro atoms. The van der Waals surface area contributed by atoms with Gasteiger partial charge in [-0.3, -0.25) is 0 Å². The third kappa shape index (κ3) is 7.19. The molecule has 4 N–H and O–H groups in total. The van der Waals surface area contributed by atoms with Gasteiger partial charge >= 0.3 is 12.0 Å². The first-order chi connectivity index (χ1) is 8.01. The molecule has 0 fully saturated rings. The average Bonchev–Trinajstić information content (AvgIpc) is 2.28. The number of amides is 2. The first kappa shape index (κ1) is 15.3. The van der Waals surface area contributed by atoms with Gasteiger partial charge in [-0.1, -0.05) is 19.3 Å². The molecule has 0 aromatic heterocycles. The summed E-state index contributed by atoms with van der Waals surface area (Å²) in [7, 11) is 0. The Balaban J connectivity index is 3.80. The van der Waals surface area contributed by atoms with Crippen LogP contribution in [-0.4, -0.2) is 40.9 Å². The fourth-order valence-corrected chi connectivity index (χ4v) is 1.14. The fourth-order valence-electron chi connectivity index (χ4n) is 1.14. The topological polar surface area (TPSA) is 98.7 Å². The van der Waals surface area contributed by atoms with Crippen molar-refractivity contribution >= 4 is 12.0 Å². The molecular formula is C11H18N2O4. The van der Waals surface area contributed by atoms with Crippen molar-refractivity contribution in [2.24, 2.45) is 0 Å². The summed E-state index contributed by atoms with van der Waals surface area (Å²) in [6.07, 6.45) is 5.24. The van der Waals surface area contributed by atoms with Crippen LogP contribution in [0.5, 0.6) is 0 Å². The number of aliphatic carboxylic acids is 1. The predicted molar refractivity (Wildman–Crippen MR) is 62.3 cm³/mol. The van der Waals surface area contributed by atoms with E-state index in [0.717, 1.165) is 6.42 Å². The maximum absolute atomic E-state index is 11.3. The Kier molecular flexibility index (Phi) is 7.55. The first-order valence-electron chi connectivity index (χ1n) is 5.42. The Morgan fingerprint density at radius 1 is 1.41 bits per heavy atom. The van der Waals surface area contributed by atoms with Crippen LogP contribution in [0.1, 0.15) is 26.2 Å². The number of carbonyl (C=O) groups is 2. The van der Waals surface area contributed by atoms with Crippen LogP contribution in [0.2, 0.25) is 0 Å². The predicted octanol–water partition coefficient (Wildman–Crippen LogP) is -0.0769. The van der Waals surface area contributed by atoms with E-state index in [0.29, 0.717) is 6.42 Å². The van der Waals surface area contributed by atoms with E-state index in [1.165, 1.54) is 0 Å². The van der Waals surface area contributed by atoms with E-state index in [4.69, 9.17) is 16.6 Å². The summed E-state index contributed by atoms with van der Waals surface area (Å²) in [6.45, 7) is 2.02. The van der Waals surface area contributed by atoms with Gasteiger partial charge in [-0.05, 0) is 6.42 Å². The molecule has 6 heteroatoms. The molecular weight excluding hydrogens is 224 g/mol. The van der Waals surface area contributed by atoms with E-state index >= 15 is 0 Å². The van der Waals surface area contributed by atoms with E-state index in [-0.39, 0.29) is 19.0 Å². The van der Waals surface area contributed by atoms with E-state index in [9.17, 15) is 9.59 Å². The molecule has 0 rings (SSSR count). The lowest BCUT2D eigenvalue weighted by Crippen LogP contribution is -2.42. The van der Waals surface area contributed by atoms with Crippen LogP contribution in [0, 0.1) is 12.3 Å². The second-order valence-corrected chi connectivity index (χ2v) is 3.55. The molecule has 0 aliphatic heterocycles. The summed E-state index contributed by atoms with van der Waals surface area (Å²) < 4.78 is 0. The van der Waals surface area contributed by atoms with Crippen LogP contribution < -0.4 is 10.6 Å². The van der Waals surface area contributed by atoms with E-state index < -0.39 is 18.1 Å². The molecule has 17 heavy (non-hydrogen) atoms. The number of nitrogens with one attached hydrogen (secondary N) is 2. The molecule has 0 aliphatic carbocycles. The standard InChI is InChI=1S/C11H18N2O4/c1-3-5-8(4-2)13-11(17)12-7-6-9(14)10(15)16/h2,8-9,14H,3,5-7H2,1H3,(H,15,16)(H2,12,13,17). The number of carboxylic acids is 1. The number of aliphatic hydroxyl groups excluding tert-OH is 1. The van der Waals surface area contributed by atoms with Crippen LogP contribution in [-0.2, 0) is 4.79 Å². The zero-order chi connectivity index (χ0) is 13.3. The van der Waals surface area contributed by atoms with Crippen LogP contribution in [0.25, 0.3) is 0 Å². The summed E-state index contributed by atoms with van der Waals surface area (Å²) in [5, 5.41) is 22.3. The van der Waals surface area contributed by atoms with Gasteiger partial charge in [-0.2, -0.15) is 0 Å². The van der Waals surface area contributed by atoms with Gasteiger partial charge in [0, 0.05) is 13.0 Å². The number of hydrogen-bond donors (Lipinski definition) is 4. The molecule has 6 nitrogen and oxygen atoms in total. The summed E-state index contributed by atoms with van der Waals surface area (Å²) in [5.74, 6) is 1.13. The van der Waals surface area contributed by atoms with Gasteiger partial charge in [0.2, 0.25) is 0 Å². The summed E-state index contributed by atoms with van der Waals surface area (Å²) in [6, 6.07) is -0.789. The molecule has 96 valence electrons. The molecule has 0 aromatic carbocycles. The van der Waals surface area contributed by atoms with Crippen molar-refractivity contribution in [3.05, 3.63) is 0 Å². The average molecular weight is 242 g/mol. The SMILES string of the molecule is C#CC(CCC)NC(=O)NCCC(O)C(=O)O. The third-order valence-corrected chi connectivity index (χ3v) is 2.07. The van der Waals surface area contributed by atoms with Crippen LogP contribution in [0.4, 0.5) is 4.79 Å². The second kappa shape index (κ2) is 8.42. The zero-order valence-corrected chi connectivity index (χ0v) is 9.77. The molecule has 0 aliphatic rings. The normalized spacial score (nSPS) is 13.2.